The first-order valence-electron chi connectivity index (χ1n) is 4.31. The van der Waals surface area contributed by atoms with Crippen molar-refractivity contribution in [3.8, 4) is 0 Å². The van der Waals surface area contributed by atoms with Crippen molar-refractivity contribution in [3.63, 3.8) is 0 Å². The van der Waals surface area contributed by atoms with E-state index in [1.165, 1.54) is 11.7 Å². The fourth-order valence-electron chi connectivity index (χ4n) is 1.42. The second-order valence-electron chi connectivity index (χ2n) is 2.97. The van der Waals surface area contributed by atoms with Crippen LogP contribution in [0, 0.1) is 0 Å². The van der Waals surface area contributed by atoms with Gasteiger partial charge in [-0.3, -0.25) is 0 Å². The number of nitrogens with one attached hydrogen (secondary N) is 1. The summed E-state index contributed by atoms with van der Waals surface area (Å²) in [6, 6.07) is 0. The lowest BCUT2D eigenvalue weighted by atomic mass is 10.4. The summed E-state index contributed by atoms with van der Waals surface area (Å²) in [6.07, 6.45) is 1.13. The highest BCUT2D eigenvalue weighted by Crippen LogP contribution is 2.22. The van der Waals surface area contributed by atoms with Crippen molar-refractivity contribution in [2.24, 2.45) is 0 Å². The predicted octanol–water partition coefficient (Wildman–Crippen LogP) is 1.41. The molecule has 0 amide bonds. The van der Waals surface area contributed by atoms with Gasteiger partial charge in [0.15, 0.2) is 11.0 Å². The lowest BCUT2D eigenvalue weighted by Gasteiger charge is -2.18. The zero-order valence-electron chi connectivity index (χ0n) is 7.57. The van der Waals surface area contributed by atoms with Crippen LogP contribution in [-0.4, -0.2) is 34.9 Å². The van der Waals surface area contributed by atoms with Crippen LogP contribution in [0.25, 0.3) is 0 Å². The molecule has 0 aliphatic carbocycles. The summed E-state index contributed by atoms with van der Waals surface area (Å²) in [5, 5.41) is 3.86. The van der Waals surface area contributed by atoms with E-state index in [9.17, 15) is 0 Å². The van der Waals surface area contributed by atoms with Gasteiger partial charge in [-0.05, 0) is 13.0 Å². The van der Waals surface area contributed by atoms with E-state index >= 15 is 0 Å². The van der Waals surface area contributed by atoms with Crippen LogP contribution in [0.3, 0.4) is 0 Å². The van der Waals surface area contributed by atoms with E-state index in [4.69, 9.17) is 11.6 Å². The highest BCUT2D eigenvalue weighted by atomic mass is 35.5. The van der Waals surface area contributed by atoms with E-state index in [1.54, 1.807) is 0 Å². The lowest BCUT2D eigenvalue weighted by molar-refractivity contribution is 0.724. The van der Waals surface area contributed by atoms with Gasteiger partial charge < -0.3 is 10.2 Å². The molecule has 2 heterocycles. The third-order valence-electron chi connectivity index (χ3n) is 2.07. The van der Waals surface area contributed by atoms with E-state index in [0.29, 0.717) is 5.15 Å². The van der Waals surface area contributed by atoms with Crippen molar-refractivity contribution >= 4 is 41.6 Å². The molecule has 14 heavy (non-hydrogen) atoms. The highest BCUT2D eigenvalue weighted by molar-refractivity contribution is 6.99. The molecule has 1 aromatic heterocycles. The summed E-state index contributed by atoms with van der Waals surface area (Å²) in [5.41, 5.74) is 0. The number of rotatable bonds is 1. The van der Waals surface area contributed by atoms with Gasteiger partial charge in [0.1, 0.15) is 0 Å². The molecule has 0 aromatic carbocycles. The summed E-state index contributed by atoms with van der Waals surface area (Å²) in [7, 11) is 0. The van der Waals surface area contributed by atoms with Crippen LogP contribution in [0.1, 0.15) is 6.42 Å². The van der Waals surface area contributed by atoms with E-state index in [0.717, 1.165) is 38.4 Å². The van der Waals surface area contributed by atoms with Crippen LogP contribution in [0.15, 0.2) is 0 Å². The van der Waals surface area contributed by atoms with E-state index in [2.05, 4.69) is 19.0 Å². The zero-order valence-corrected chi connectivity index (χ0v) is 9.96. The molecule has 1 fully saturated rings. The van der Waals surface area contributed by atoms with Gasteiger partial charge in [0.25, 0.3) is 0 Å². The van der Waals surface area contributed by atoms with Crippen molar-refractivity contribution in [3.05, 3.63) is 5.15 Å². The monoisotopic (exact) mass is 254 g/mol. The fraction of sp³-hybridized carbons (Fsp3) is 0.714. The van der Waals surface area contributed by atoms with Crippen LogP contribution in [0.5, 0.6) is 0 Å². The minimum absolute atomic E-state index is 0. The molecule has 0 bridgehead atoms. The summed E-state index contributed by atoms with van der Waals surface area (Å²) in [5.74, 6) is 0.843. The molecule has 0 unspecified atom stereocenters. The third kappa shape index (κ3) is 2.70. The molecule has 0 radical (unpaired) electrons. The first kappa shape index (κ1) is 12.0. The van der Waals surface area contributed by atoms with Crippen LogP contribution in [-0.2, 0) is 0 Å². The van der Waals surface area contributed by atoms with E-state index < -0.39 is 0 Å². The van der Waals surface area contributed by atoms with Gasteiger partial charge in [-0.1, -0.05) is 11.6 Å². The number of halogens is 2. The average Bonchev–Trinajstić information content (AvgIpc) is 2.43. The molecule has 1 aliphatic rings. The first-order chi connectivity index (χ1) is 6.38. The Morgan fingerprint density at radius 3 is 2.86 bits per heavy atom. The molecule has 0 spiro atoms. The molecule has 1 N–H and O–H groups in total. The Labute approximate surface area is 98.4 Å². The van der Waals surface area contributed by atoms with Gasteiger partial charge in [-0.15, -0.1) is 12.4 Å². The summed E-state index contributed by atoms with van der Waals surface area (Å²) < 4.78 is 8.13. The third-order valence-corrected chi connectivity index (χ3v) is 2.94. The Hall–Kier alpha value is -0.100. The second-order valence-corrected chi connectivity index (χ2v) is 3.86. The fourth-order valence-corrected chi connectivity index (χ4v) is 2.20. The topological polar surface area (TPSA) is 41.1 Å². The molecule has 80 valence electrons. The Morgan fingerprint density at radius 2 is 2.14 bits per heavy atom. The standard InChI is InChI=1S/C7H11ClN4S.ClH/c8-6-7(11-13-10-6)12-4-1-2-9-3-5-12;/h9H,1-5H2;1H. The lowest BCUT2D eigenvalue weighted by Crippen LogP contribution is -2.28. The summed E-state index contributed by atoms with van der Waals surface area (Å²) >= 11 is 7.07. The molecule has 7 heteroatoms. The smallest absolute Gasteiger partial charge is 0.187 e. The number of hydrogen-bond acceptors (Lipinski definition) is 5. The largest absolute Gasteiger partial charge is 0.352 e. The Bertz CT molecular complexity index is 272. The average molecular weight is 255 g/mol. The Morgan fingerprint density at radius 1 is 1.29 bits per heavy atom. The number of aromatic nitrogens is 2. The van der Waals surface area contributed by atoms with Gasteiger partial charge in [-0.2, -0.15) is 8.75 Å². The molecular weight excluding hydrogens is 243 g/mol. The summed E-state index contributed by atoms with van der Waals surface area (Å²) in [6.45, 7) is 4.04. The molecular formula is C7H12Cl2N4S. The van der Waals surface area contributed by atoms with Crippen LogP contribution < -0.4 is 10.2 Å². The van der Waals surface area contributed by atoms with Crippen LogP contribution in [0.4, 0.5) is 5.82 Å². The summed E-state index contributed by atoms with van der Waals surface area (Å²) in [4.78, 5) is 2.19. The molecule has 1 aromatic rings. The van der Waals surface area contributed by atoms with Crippen LogP contribution in [0.2, 0.25) is 5.15 Å². The van der Waals surface area contributed by atoms with Crippen molar-refractivity contribution in [2.45, 2.75) is 6.42 Å². The van der Waals surface area contributed by atoms with Crippen molar-refractivity contribution in [2.75, 3.05) is 31.1 Å². The van der Waals surface area contributed by atoms with E-state index in [1.807, 2.05) is 0 Å². The molecule has 1 aliphatic heterocycles. The Balaban J connectivity index is 0.000000980. The normalized spacial score (nSPS) is 17.4. The van der Waals surface area contributed by atoms with Gasteiger partial charge in [0.05, 0.1) is 11.7 Å². The van der Waals surface area contributed by atoms with Crippen molar-refractivity contribution in [1.29, 1.82) is 0 Å². The minimum Gasteiger partial charge on any atom is -0.352 e. The number of nitrogens with zero attached hydrogens (tertiary/aromatic N) is 3. The highest BCUT2D eigenvalue weighted by Gasteiger charge is 2.15. The second kappa shape index (κ2) is 5.70. The van der Waals surface area contributed by atoms with Gasteiger partial charge in [0.2, 0.25) is 0 Å². The van der Waals surface area contributed by atoms with Gasteiger partial charge >= 0.3 is 0 Å². The number of hydrogen-bond donors (Lipinski definition) is 1. The van der Waals surface area contributed by atoms with Crippen molar-refractivity contribution in [1.82, 2.24) is 14.1 Å². The molecule has 4 nitrogen and oxygen atoms in total. The predicted molar refractivity (Wildman–Crippen MR) is 61.9 cm³/mol. The van der Waals surface area contributed by atoms with Crippen LogP contribution >= 0.6 is 35.7 Å². The quantitative estimate of drug-likeness (QED) is 0.823. The van der Waals surface area contributed by atoms with Gasteiger partial charge in [-0.25, -0.2) is 0 Å². The Kier molecular flexibility index (Phi) is 4.88. The van der Waals surface area contributed by atoms with E-state index in [-0.39, 0.29) is 12.4 Å². The molecule has 1 saturated heterocycles. The molecule has 0 saturated carbocycles. The van der Waals surface area contributed by atoms with Gasteiger partial charge in [0, 0.05) is 19.6 Å². The maximum absolute atomic E-state index is 5.90. The SMILES string of the molecule is Cl.Clc1nsnc1N1CCCNCC1. The minimum atomic E-state index is 0. The maximum Gasteiger partial charge on any atom is 0.187 e. The molecule has 0 atom stereocenters. The maximum atomic E-state index is 5.90. The zero-order chi connectivity index (χ0) is 9.10. The number of anilines is 1. The molecule has 2 rings (SSSR count). The first-order valence-corrected chi connectivity index (χ1v) is 5.42. The van der Waals surface area contributed by atoms with Crippen molar-refractivity contribution < 1.29 is 0 Å².